The number of primary amides is 1. The minimum atomic E-state index is -3.36. The predicted octanol–water partition coefficient (Wildman–Crippen LogP) is 8.74. The summed E-state index contributed by atoms with van der Waals surface area (Å²) in [7, 11) is -1.85. The van der Waals surface area contributed by atoms with Crippen LogP contribution in [0.5, 0.6) is 23.0 Å². The number of methoxy groups -OCH3 is 1. The average molecular weight is 803 g/mol. The normalized spacial score (nSPS) is 13.4. The summed E-state index contributed by atoms with van der Waals surface area (Å²) in [6, 6.07) is 23.8. The van der Waals surface area contributed by atoms with E-state index in [1.807, 2.05) is 35.2 Å². The molecule has 2 amide bonds. The van der Waals surface area contributed by atoms with E-state index in [1.165, 1.54) is 54.6 Å². The number of rotatable bonds is 20. The maximum Gasteiger partial charge on any atom is 0.344 e. The average Bonchev–Trinajstić information content (AvgIpc) is 4.01. The van der Waals surface area contributed by atoms with Gasteiger partial charge in [-0.05, 0) is 87.2 Å². The second kappa shape index (κ2) is 18.2. The molecule has 57 heavy (non-hydrogen) atoms. The molecule has 5 aromatic rings. The van der Waals surface area contributed by atoms with Crippen molar-refractivity contribution < 1.29 is 46.2 Å². The zero-order valence-electron chi connectivity index (χ0n) is 32.0. The number of carbonyl (C=O) groups is 2. The fraction of sp³-hybridized carbons (Fsp3) is 0.310. The molecule has 2 N–H and O–H groups in total. The van der Waals surface area contributed by atoms with Crippen molar-refractivity contribution in [1.82, 2.24) is 9.88 Å². The zero-order chi connectivity index (χ0) is 40.6. The molecule has 0 atom stereocenters. The first kappa shape index (κ1) is 41.2. The summed E-state index contributed by atoms with van der Waals surface area (Å²) in [5, 5.41) is 0.511. The quantitative estimate of drug-likeness (QED) is 0.0461. The number of hydrogen-bond acceptors (Lipinski definition) is 10. The molecule has 1 saturated carbocycles. The third-order valence-electron chi connectivity index (χ3n) is 9.45. The Morgan fingerprint density at radius 1 is 0.860 bits per heavy atom. The largest absolute Gasteiger partial charge is 0.493 e. The Hall–Kier alpha value is -5.40. The van der Waals surface area contributed by atoms with Crippen molar-refractivity contribution in [1.29, 1.82) is 0 Å². The monoisotopic (exact) mass is 802 g/mol. The van der Waals surface area contributed by atoms with Gasteiger partial charge in [-0.3, -0.25) is 28.9 Å². The molecule has 1 aliphatic rings. The van der Waals surface area contributed by atoms with E-state index in [1.54, 1.807) is 32.0 Å². The molecule has 0 saturated heterocycles. The summed E-state index contributed by atoms with van der Waals surface area (Å²) in [5.74, 6) is -1.78. The molecular weight excluding hydrogens is 757 g/mol. The Bertz CT molecular complexity index is 2230. The standard InChI is InChI=1S/C42H45F2N4O8P/c1-4-54-57(51,55-5-2)28-47(27-29-10-7-6-8-11-29)22-9-23-53-39-25-33-35(26-38(39)52-3)46-21-18-36(33)56-37-17-16-32(24-34(37)44)48(31-14-12-30(43)13-15-31)41(50)42(19-20-42)40(45)49/h6-8,10-18,21,24-26H,4-5,9,19-20,22-23,27-28H2,1-3H3,(H2,45,49). The number of aromatic nitrogens is 1. The molecule has 0 aliphatic heterocycles. The Labute approximate surface area is 330 Å². The molecular formula is C42H45F2N4O8P. The first-order valence-corrected chi connectivity index (χ1v) is 20.3. The van der Waals surface area contributed by atoms with E-state index in [0.717, 1.165) is 11.6 Å². The smallest absolute Gasteiger partial charge is 0.344 e. The lowest BCUT2D eigenvalue weighted by atomic mass is 10.0. The van der Waals surface area contributed by atoms with Crippen LogP contribution >= 0.6 is 7.60 Å². The number of halogens is 2. The summed E-state index contributed by atoms with van der Waals surface area (Å²) >= 11 is 0. The maximum absolute atomic E-state index is 15.9. The van der Waals surface area contributed by atoms with Crippen LogP contribution in [0.2, 0.25) is 0 Å². The van der Waals surface area contributed by atoms with E-state index >= 15 is 4.39 Å². The van der Waals surface area contributed by atoms with Crippen LogP contribution in [0.3, 0.4) is 0 Å². The molecule has 4 aromatic carbocycles. The molecule has 0 bridgehead atoms. The van der Waals surface area contributed by atoms with Gasteiger partial charge in [0.15, 0.2) is 23.1 Å². The topological polar surface area (TPSA) is 143 Å². The molecule has 300 valence electrons. The highest BCUT2D eigenvalue weighted by Crippen LogP contribution is 2.50. The lowest BCUT2D eigenvalue weighted by Gasteiger charge is -2.27. The molecule has 0 unspecified atom stereocenters. The molecule has 0 spiro atoms. The first-order valence-electron chi connectivity index (χ1n) is 18.6. The van der Waals surface area contributed by atoms with E-state index in [-0.39, 0.29) is 61.8 Å². The highest BCUT2D eigenvalue weighted by molar-refractivity contribution is 7.53. The second-order valence-electron chi connectivity index (χ2n) is 13.4. The number of amides is 2. The third kappa shape index (κ3) is 9.77. The van der Waals surface area contributed by atoms with Crippen LogP contribution in [0.1, 0.15) is 38.7 Å². The number of fused-ring (bicyclic) bond motifs is 1. The molecule has 1 aliphatic carbocycles. The summed E-state index contributed by atoms with van der Waals surface area (Å²) in [6.07, 6.45) is 2.70. The van der Waals surface area contributed by atoms with Crippen LogP contribution in [0, 0.1) is 17.0 Å². The van der Waals surface area contributed by atoms with Crippen LogP contribution in [0.4, 0.5) is 20.2 Å². The number of hydrogen-bond donors (Lipinski definition) is 1. The molecule has 12 nitrogen and oxygen atoms in total. The second-order valence-corrected chi connectivity index (χ2v) is 15.5. The number of pyridine rings is 1. The van der Waals surface area contributed by atoms with Gasteiger partial charge in [-0.1, -0.05) is 30.3 Å². The van der Waals surface area contributed by atoms with Gasteiger partial charge in [0.25, 0.3) is 0 Å². The van der Waals surface area contributed by atoms with Crippen molar-refractivity contribution in [3.05, 3.63) is 114 Å². The van der Waals surface area contributed by atoms with Gasteiger partial charge in [0, 0.05) is 42.5 Å². The van der Waals surface area contributed by atoms with E-state index in [9.17, 15) is 18.5 Å². The van der Waals surface area contributed by atoms with E-state index in [4.69, 9.17) is 29.0 Å². The molecule has 1 fully saturated rings. The SMILES string of the molecule is CCOP(=O)(CN(CCCOc1cc2c(Oc3ccc(N(C(=O)C4(C(N)=O)CC4)c4ccc(F)cc4)cc3F)ccnc2cc1OC)Cc1ccccc1)OCC. The number of benzene rings is 4. The summed E-state index contributed by atoms with van der Waals surface area (Å²) in [6.45, 7) is 5.41. The number of anilines is 2. The van der Waals surface area contributed by atoms with E-state index in [0.29, 0.717) is 41.9 Å². The van der Waals surface area contributed by atoms with Crippen molar-refractivity contribution >= 4 is 41.7 Å². The van der Waals surface area contributed by atoms with Gasteiger partial charge in [0.05, 0.1) is 38.1 Å². The highest BCUT2D eigenvalue weighted by Gasteiger charge is 2.57. The molecule has 6 rings (SSSR count). The van der Waals surface area contributed by atoms with Gasteiger partial charge >= 0.3 is 7.60 Å². The maximum atomic E-state index is 15.9. The summed E-state index contributed by atoms with van der Waals surface area (Å²) < 4.78 is 72.2. The number of nitrogens with zero attached hydrogens (tertiary/aromatic N) is 3. The van der Waals surface area contributed by atoms with Crippen molar-refractivity contribution in [3.8, 4) is 23.0 Å². The Morgan fingerprint density at radius 3 is 2.19 bits per heavy atom. The van der Waals surface area contributed by atoms with Crippen molar-refractivity contribution in [2.24, 2.45) is 11.1 Å². The lowest BCUT2D eigenvalue weighted by Crippen LogP contribution is -2.41. The molecule has 0 radical (unpaired) electrons. The van der Waals surface area contributed by atoms with Gasteiger partial charge in [-0.25, -0.2) is 8.78 Å². The summed E-state index contributed by atoms with van der Waals surface area (Å²) in [5.41, 5.74) is 6.06. The minimum Gasteiger partial charge on any atom is -0.493 e. The van der Waals surface area contributed by atoms with Crippen LogP contribution in [-0.2, 0) is 29.7 Å². The van der Waals surface area contributed by atoms with Gasteiger partial charge in [0.1, 0.15) is 23.3 Å². The third-order valence-corrected chi connectivity index (χ3v) is 11.5. The van der Waals surface area contributed by atoms with Crippen LogP contribution in [0.15, 0.2) is 97.2 Å². The van der Waals surface area contributed by atoms with Crippen LogP contribution in [-0.4, -0.2) is 61.5 Å². The van der Waals surface area contributed by atoms with Gasteiger partial charge in [-0.15, -0.1) is 0 Å². The predicted molar refractivity (Wildman–Crippen MR) is 212 cm³/mol. The number of nitrogens with two attached hydrogens (primary N) is 1. The highest BCUT2D eigenvalue weighted by atomic mass is 31.2. The van der Waals surface area contributed by atoms with E-state index < -0.39 is 36.5 Å². The Kier molecular flexibility index (Phi) is 13.2. The van der Waals surface area contributed by atoms with Gasteiger partial charge in [-0.2, -0.15) is 0 Å². The van der Waals surface area contributed by atoms with Crippen LogP contribution in [0.25, 0.3) is 10.9 Å². The van der Waals surface area contributed by atoms with Gasteiger partial charge < -0.3 is 29.0 Å². The van der Waals surface area contributed by atoms with Crippen molar-refractivity contribution in [2.75, 3.05) is 44.7 Å². The first-order chi connectivity index (χ1) is 27.5. The van der Waals surface area contributed by atoms with Crippen molar-refractivity contribution in [3.63, 3.8) is 0 Å². The minimum absolute atomic E-state index is 0.102. The fourth-order valence-corrected chi connectivity index (χ4v) is 8.22. The fourth-order valence-electron chi connectivity index (χ4n) is 6.47. The Balaban J connectivity index is 1.20. The molecule has 15 heteroatoms. The Morgan fingerprint density at radius 2 is 1.56 bits per heavy atom. The van der Waals surface area contributed by atoms with Crippen LogP contribution < -0.4 is 24.8 Å². The molecule has 1 aromatic heterocycles. The van der Waals surface area contributed by atoms with E-state index in [2.05, 4.69) is 4.98 Å². The number of carbonyl (C=O) groups excluding carboxylic acids is 2. The number of ether oxygens (including phenoxy) is 3. The lowest BCUT2D eigenvalue weighted by molar-refractivity contribution is -0.133. The zero-order valence-corrected chi connectivity index (χ0v) is 32.9. The van der Waals surface area contributed by atoms with Gasteiger partial charge in [0.2, 0.25) is 11.8 Å². The molecule has 1 heterocycles. The summed E-state index contributed by atoms with van der Waals surface area (Å²) in [4.78, 5) is 33.6. The van der Waals surface area contributed by atoms with Crippen molar-refractivity contribution in [2.45, 2.75) is 39.7 Å².